The molecule has 1 aromatic heterocycles. The third-order valence-electron chi connectivity index (χ3n) is 2.72. The van der Waals surface area contributed by atoms with Crippen molar-refractivity contribution < 1.29 is 0 Å². The summed E-state index contributed by atoms with van der Waals surface area (Å²) in [5, 5.41) is 0. The van der Waals surface area contributed by atoms with Gasteiger partial charge in [-0.3, -0.25) is 9.36 Å². The molecule has 0 amide bonds. The van der Waals surface area contributed by atoms with E-state index in [1.807, 2.05) is 31.2 Å². The second-order valence-electron chi connectivity index (χ2n) is 3.80. The summed E-state index contributed by atoms with van der Waals surface area (Å²) in [5.74, 6) is 0.801. The Morgan fingerprint density at radius 1 is 1.33 bits per heavy atom. The van der Waals surface area contributed by atoms with Gasteiger partial charge in [0.05, 0.1) is 6.54 Å². The fourth-order valence-corrected chi connectivity index (χ4v) is 2.03. The van der Waals surface area contributed by atoms with Crippen LogP contribution < -0.4 is 5.56 Å². The highest BCUT2D eigenvalue weighted by atomic mass is 16.1. The van der Waals surface area contributed by atoms with Crippen LogP contribution in [0.3, 0.4) is 0 Å². The molecule has 3 heteroatoms. The number of hydrogen-bond acceptors (Lipinski definition) is 2. The van der Waals surface area contributed by atoms with Gasteiger partial charge in [0.2, 0.25) is 0 Å². The molecule has 0 bridgehead atoms. The molecule has 15 heavy (non-hydrogen) atoms. The Bertz CT molecular complexity index is 599. The first-order valence-electron chi connectivity index (χ1n) is 4.92. The highest BCUT2D eigenvalue weighted by Gasteiger charge is 2.19. The van der Waals surface area contributed by atoms with Crippen LogP contribution in [0.4, 0.5) is 0 Å². The molecule has 1 aliphatic heterocycles. The molecule has 1 aromatic carbocycles. The lowest BCUT2D eigenvalue weighted by Crippen LogP contribution is -2.19. The lowest BCUT2D eigenvalue weighted by atomic mass is 10.1. The molecule has 0 fully saturated rings. The molecule has 3 rings (SSSR count). The summed E-state index contributed by atoms with van der Waals surface area (Å²) in [7, 11) is 0. The first-order chi connectivity index (χ1) is 7.25. The Kier molecular flexibility index (Phi) is 1.57. The van der Waals surface area contributed by atoms with Crippen molar-refractivity contribution in [3.63, 3.8) is 0 Å². The Balaban J connectivity index is 2.38. The monoisotopic (exact) mass is 198 g/mol. The fraction of sp³-hybridized carbons (Fsp3) is 0.167. The predicted molar refractivity (Wildman–Crippen MR) is 57.8 cm³/mol. The van der Waals surface area contributed by atoms with Crippen molar-refractivity contribution in [2.45, 2.75) is 13.5 Å². The summed E-state index contributed by atoms with van der Waals surface area (Å²) in [4.78, 5) is 16.1. The maximum absolute atomic E-state index is 11.7. The molecule has 2 heterocycles. The van der Waals surface area contributed by atoms with Gasteiger partial charge in [-0.05, 0) is 12.5 Å². The second kappa shape index (κ2) is 2.79. The molecule has 0 radical (unpaired) electrons. The fourth-order valence-electron chi connectivity index (χ4n) is 2.03. The van der Waals surface area contributed by atoms with Crippen molar-refractivity contribution in [2.75, 3.05) is 0 Å². The number of nitrogens with zero attached hydrogens (tertiary/aromatic N) is 2. The summed E-state index contributed by atoms with van der Waals surface area (Å²) in [6, 6.07) is 9.60. The lowest BCUT2D eigenvalue weighted by Gasteiger charge is -2.01. The highest BCUT2D eigenvalue weighted by molar-refractivity contribution is 5.64. The van der Waals surface area contributed by atoms with Crippen molar-refractivity contribution >= 4 is 0 Å². The first kappa shape index (κ1) is 8.41. The number of aromatic nitrogens is 2. The van der Waals surface area contributed by atoms with E-state index >= 15 is 0 Å². The molecule has 2 aromatic rings. The van der Waals surface area contributed by atoms with Gasteiger partial charge in [0.1, 0.15) is 5.82 Å². The minimum Gasteiger partial charge on any atom is -0.288 e. The van der Waals surface area contributed by atoms with E-state index in [1.54, 1.807) is 10.6 Å². The van der Waals surface area contributed by atoms with Crippen molar-refractivity contribution in [1.29, 1.82) is 0 Å². The molecule has 0 N–H and O–H groups in total. The summed E-state index contributed by atoms with van der Waals surface area (Å²) >= 11 is 0. The van der Waals surface area contributed by atoms with Crippen molar-refractivity contribution in [1.82, 2.24) is 9.55 Å². The van der Waals surface area contributed by atoms with Gasteiger partial charge in [-0.25, -0.2) is 4.98 Å². The SMILES string of the molecule is Cc1cc(=O)n2c(n1)-c1ccccc1C2. The number of aryl methyl sites for hydroxylation is 1. The molecule has 74 valence electrons. The van der Waals surface area contributed by atoms with Crippen LogP contribution in [0.1, 0.15) is 11.3 Å². The number of fused-ring (bicyclic) bond motifs is 3. The summed E-state index contributed by atoms with van der Waals surface area (Å²) in [6.45, 7) is 2.50. The Morgan fingerprint density at radius 2 is 2.13 bits per heavy atom. The number of hydrogen-bond donors (Lipinski definition) is 0. The zero-order chi connectivity index (χ0) is 10.4. The van der Waals surface area contributed by atoms with Crippen molar-refractivity contribution in [3.05, 3.63) is 51.9 Å². The second-order valence-corrected chi connectivity index (χ2v) is 3.80. The van der Waals surface area contributed by atoms with E-state index in [0.29, 0.717) is 6.54 Å². The molecular formula is C12H10N2O. The zero-order valence-corrected chi connectivity index (χ0v) is 8.40. The van der Waals surface area contributed by atoms with Crippen LogP contribution in [-0.4, -0.2) is 9.55 Å². The first-order valence-corrected chi connectivity index (χ1v) is 4.92. The van der Waals surface area contributed by atoms with Gasteiger partial charge in [-0.15, -0.1) is 0 Å². The Hall–Kier alpha value is -1.90. The van der Waals surface area contributed by atoms with E-state index < -0.39 is 0 Å². The average molecular weight is 198 g/mol. The van der Waals surface area contributed by atoms with Gasteiger partial charge in [0.15, 0.2) is 0 Å². The molecule has 1 aliphatic rings. The highest BCUT2D eigenvalue weighted by Crippen LogP contribution is 2.27. The van der Waals surface area contributed by atoms with Crippen LogP contribution in [0.25, 0.3) is 11.4 Å². The van der Waals surface area contributed by atoms with Crippen LogP contribution in [0.5, 0.6) is 0 Å². The number of rotatable bonds is 0. The van der Waals surface area contributed by atoms with E-state index in [4.69, 9.17) is 0 Å². The smallest absolute Gasteiger partial charge is 0.254 e. The predicted octanol–water partition coefficient (Wildman–Crippen LogP) is 1.58. The van der Waals surface area contributed by atoms with E-state index in [2.05, 4.69) is 4.98 Å². The minimum absolute atomic E-state index is 0.0358. The third-order valence-corrected chi connectivity index (χ3v) is 2.72. The maximum Gasteiger partial charge on any atom is 0.254 e. The van der Waals surface area contributed by atoms with Gasteiger partial charge in [-0.1, -0.05) is 24.3 Å². The molecule has 0 spiro atoms. The van der Waals surface area contributed by atoms with E-state index in [-0.39, 0.29) is 5.56 Å². The number of benzene rings is 1. The normalized spacial score (nSPS) is 12.3. The van der Waals surface area contributed by atoms with E-state index in [9.17, 15) is 4.79 Å². The quantitative estimate of drug-likeness (QED) is 0.549. The van der Waals surface area contributed by atoms with Crippen LogP contribution in [0.15, 0.2) is 35.1 Å². The lowest BCUT2D eigenvalue weighted by molar-refractivity contribution is 0.777. The molecule has 0 atom stereocenters. The van der Waals surface area contributed by atoms with Crippen LogP contribution in [0, 0.1) is 6.92 Å². The van der Waals surface area contributed by atoms with Crippen molar-refractivity contribution in [2.24, 2.45) is 0 Å². The molecule has 0 saturated carbocycles. The average Bonchev–Trinajstić information content (AvgIpc) is 2.57. The van der Waals surface area contributed by atoms with Gasteiger partial charge in [0.25, 0.3) is 5.56 Å². The Morgan fingerprint density at radius 3 is 3.00 bits per heavy atom. The van der Waals surface area contributed by atoms with Crippen LogP contribution >= 0.6 is 0 Å². The van der Waals surface area contributed by atoms with Gasteiger partial charge in [-0.2, -0.15) is 0 Å². The van der Waals surface area contributed by atoms with Gasteiger partial charge < -0.3 is 0 Å². The molecule has 0 aliphatic carbocycles. The molecule has 3 nitrogen and oxygen atoms in total. The van der Waals surface area contributed by atoms with E-state index in [1.165, 1.54) is 5.56 Å². The maximum atomic E-state index is 11.7. The molecule has 0 unspecified atom stereocenters. The Labute approximate surface area is 87.0 Å². The topological polar surface area (TPSA) is 34.9 Å². The molecular weight excluding hydrogens is 188 g/mol. The summed E-state index contributed by atoms with van der Waals surface area (Å²) in [6.07, 6.45) is 0. The van der Waals surface area contributed by atoms with Gasteiger partial charge in [0, 0.05) is 17.3 Å². The third kappa shape index (κ3) is 1.13. The van der Waals surface area contributed by atoms with Crippen LogP contribution in [-0.2, 0) is 6.54 Å². The zero-order valence-electron chi connectivity index (χ0n) is 8.40. The summed E-state index contributed by atoms with van der Waals surface area (Å²) < 4.78 is 1.72. The van der Waals surface area contributed by atoms with E-state index in [0.717, 1.165) is 17.1 Å². The van der Waals surface area contributed by atoms with Crippen LogP contribution in [0.2, 0.25) is 0 Å². The summed E-state index contributed by atoms with van der Waals surface area (Å²) in [5.41, 5.74) is 3.07. The minimum atomic E-state index is 0.0358. The standard InChI is InChI=1S/C12H10N2O/c1-8-6-11(15)14-7-9-4-2-3-5-10(9)12(14)13-8/h2-6H,7H2,1H3. The van der Waals surface area contributed by atoms with Crippen molar-refractivity contribution in [3.8, 4) is 11.4 Å². The van der Waals surface area contributed by atoms with Gasteiger partial charge >= 0.3 is 0 Å². The molecule has 0 saturated heterocycles. The largest absolute Gasteiger partial charge is 0.288 e.